The van der Waals surface area contributed by atoms with Gasteiger partial charge in [0.2, 0.25) is 5.89 Å². The Kier molecular flexibility index (Phi) is 7.25. The number of thiophene rings is 1. The van der Waals surface area contributed by atoms with Crippen molar-refractivity contribution in [2.75, 3.05) is 39.9 Å². The maximum Gasteiger partial charge on any atom is 0.236 e. The lowest BCUT2D eigenvalue weighted by molar-refractivity contribution is 0.00752. The van der Waals surface area contributed by atoms with Gasteiger partial charge in [-0.25, -0.2) is 4.98 Å². The van der Waals surface area contributed by atoms with E-state index in [1.807, 2.05) is 17.5 Å². The van der Waals surface area contributed by atoms with E-state index in [2.05, 4.69) is 39.4 Å². The Labute approximate surface area is 164 Å². The SMILES string of the molecule is CN=C(NCc1coc(-c2cccs2)n1)NCC(C(C)C)N1CCOCC1. The standard InChI is InChI=1S/C19H29N5O2S/c1-14(2)16(24-6-8-25-9-7-24)12-22-19(20-3)21-11-15-13-26-18(23-15)17-5-4-10-27-17/h4-5,10,13-14,16H,6-9,11-12H2,1-3H3,(H2,20,21,22). The molecule has 7 nitrogen and oxygen atoms in total. The van der Waals surface area contributed by atoms with Crippen molar-refractivity contribution < 1.29 is 9.15 Å². The van der Waals surface area contributed by atoms with Crippen LogP contribution in [0.5, 0.6) is 0 Å². The first-order chi connectivity index (χ1) is 13.2. The zero-order valence-corrected chi connectivity index (χ0v) is 17.1. The van der Waals surface area contributed by atoms with Crippen molar-refractivity contribution in [1.82, 2.24) is 20.5 Å². The number of ether oxygens (including phenoxy) is 1. The predicted octanol–water partition coefficient (Wildman–Crippen LogP) is 2.42. The number of guanidine groups is 1. The monoisotopic (exact) mass is 391 g/mol. The van der Waals surface area contributed by atoms with Crippen molar-refractivity contribution in [3.05, 3.63) is 29.5 Å². The fourth-order valence-electron chi connectivity index (χ4n) is 3.19. The first kappa shape index (κ1) is 19.9. The molecule has 0 spiro atoms. The van der Waals surface area contributed by atoms with E-state index in [1.165, 1.54) is 0 Å². The normalized spacial score (nSPS) is 17.3. The van der Waals surface area contributed by atoms with Crippen LogP contribution in [0.4, 0.5) is 0 Å². The number of oxazole rings is 1. The Morgan fingerprint density at radius 3 is 2.81 bits per heavy atom. The molecule has 0 aliphatic carbocycles. The lowest BCUT2D eigenvalue weighted by Gasteiger charge is -2.37. The molecule has 0 saturated carbocycles. The number of hydrogen-bond acceptors (Lipinski definition) is 6. The number of morpholine rings is 1. The molecule has 1 atom stereocenters. The molecule has 0 radical (unpaired) electrons. The van der Waals surface area contributed by atoms with E-state index in [0.717, 1.165) is 49.4 Å². The summed E-state index contributed by atoms with van der Waals surface area (Å²) in [6.07, 6.45) is 1.69. The van der Waals surface area contributed by atoms with Gasteiger partial charge in [-0.2, -0.15) is 0 Å². The van der Waals surface area contributed by atoms with E-state index in [1.54, 1.807) is 24.6 Å². The maximum absolute atomic E-state index is 5.56. The largest absolute Gasteiger partial charge is 0.443 e. The Bertz CT molecular complexity index is 708. The van der Waals surface area contributed by atoms with Crippen molar-refractivity contribution in [3.8, 4) is 10.8 Å². The minimum absolute atomic E-state index is 0.449. The van der Waals surface area contributed by atoms with E-state index in [-0.39, 0.29) is 0 Å². The second kappa shape index (κ2) is 9.87. The number of nitrogens with zero attached hydrogens (tertiary/aromatic N) is 3. The molecule has 2 aromatic rings. The number of hydrogen-bond donors (Lipinski definition) is 2. The molecule has 3 heterocycles. The van der Waals surface area contributed by atoms with Gasteiger partial charge in [0.1, 0.15) is 6.26 Å². The van der Waals surface area contributed by atoms with E-state index in [9.17, 15) is 0 Å². The molecular formula is C19H29N5O2S. The van der Waals surface area contributed by atoms with Gasteiger partial charge in [0.15, 0.2) is 5.96 Å². The summed E-state index contributed by atoms with van der Waals surface area (Å²) in [6.45, 7) is 9.54. The maximum atomic E-state index is 5.56. The van der Waals surface area contributed by atoms with Crippen LogP contribution in [0.25, 0.3) is 10.8 Å². The van der Waals surface area contributed by atoms with Crippen molar-refractivity contribution in [1.29, 1.82) is 0 Å². The molecule has 8 heteroatoms. The Hall–Kier alpha value is -1.90. The first-order valence-electron chi connectivity index (χ1n) is 9.42. The first-order valence-corrected chi connectivity index (χ1v) is 10.3. The summed E-state index contributed by atoms with van der Waals surface area (Å²) in [4.78, 5) is 12.4. The van der Waals surface area contributed by atoms with Gasteiger partial charge < -0.3 is 19.8 Å². The fraction of sp³-hybridized carbons (Fsp3) is 0.579. The van der Waals surface area contributed by atoms with Crippen molar-refractivity contribution >= 4 is 17.3 Å². The molecule has 0 bridgehead atoms. The van der Waals surface area contributed by atoms with Crippen LogP contribution in [0.2, 0.25) is 0 Å². The smallest absolute Gasteiger partial charge is 0.236 e. The van der Waals surface area contributed by atoms with Crippen LogP contribution in [-0.2, 0) is 11.3 Å². The molecule has 0 aromatic carbocycles. The van der Waals surface area contributed by atoms with Gasteiger partial charge >= 0.3 is 0 Å². The van der Waals surface area contributed by atoms with Crippen LogP contribution in [-0.4, -0.2) is 61.8 Å². The van der Waals surface area contributed by atoms with Gasteiger partial charge in [0.05, 0.1) is 30.3 Å². The number of aliphatic imine (C=N–C) groups is 1. The van der Waals surface area contributed by atoms with Crippen molar-refractivity contribution in [3.63, 3.8) is 0 Å². The summed E-state index contributed by atoms with van der Waals surface area (Å²) >= 11 is 1.62. The molecule has 2 aromatic heterocycles. The third-order valence-corrected chi connectivity index (χ3v) is 5.57. The predicted molar refractivity (Wildman–Crippen MR) is 109 cm³/mol. The van der Waals surface area contributed by atoms with Crippen molar-refractivity contribution in [2.24, 2.45) is 10.9 Å². The van der Waals surface area contributed by atoms with Gasteiger partial charge in [-0.3, -0.25) is 9.89 Å². The average Bonchev–Trinajstić information content (AvgIpc) is 3.36. The van der Waals surface area contributed by atoms with Crippen LogP contribution in [0.1, 0.15) is 19.5 Å². The van der Waals surface area contributed by atoms with Gasteiger partial charge in [-0.15, -0.1) is 11.3 Å². The summed E-state index contributed by atoms with van der Waals surface area (Å²) < 4.78 is 11.0. The average molecular weight is 392 g/mol. The highest BCUT2D eigenvalue weighted by atomic mass is 32.1. The van der Waals surface area contributed by atoms with Gasteiger partial charge in [-0.05, 0) is 17.4 Å². The molecule has 0 amide bonds. The molecule has 27 heavy (non-hydrogen) atoms. The van der Waals surface area contributed by atoms with E-state index in [4.69, 9.17) is 9.15 Å². The summed E-state index contributed by atoms with van der Waals surface area (Å²) in [5, 5.41) is 8.79. The molecule has 2 N–H and O–H groups in total. The molecule has 1 aliphatic heterocycles. The third kappa shape index (κ3) is 5.54. The summed E-state index contributed by atoms with van der Waals surface area (Å²) in [5.41, 5.74) is 0.856. The van der Waals surface area contributed by atoms with Crippen LogP contribution in [0.15, 0.2) is 33.2 Å². The van der Waals surface area contributed by atoms with E-state index >= 15 is 0 Å². The Morgan fingerprint density at radius 2 is 2.15 bits per heavy atom. The van der Waals surface area contributed by atoms with Crippen LogP contribution in [0, 0.1) is 5.92 Å². The summed E-state index contributed by atoms with van der Waals surface area (Å²) in [6, 6.07) is 4.45. The minimum Gasteiger partial charge on any atom is -0.443 e. The lowest BCUT2D eigenvalue weighted by atomic mass is 10.0. The van der Waals surface area contributed by atoms with E-state index < -0.39 is 0 Å². The third-order valence-electron chi connectivity index (χ3n) is 4.71. The highest BCUT2D eigenvalue weighted by Crippen LogP contribution is 2.23. The Morgan fingerprint density at radius 1 is 1.33 bits per heavy atom. The topological polar surface area (TPSA) is 74.9 Å². The van der Waals surface area contributed by atoms with Gasteiger partial charge in [0.25, 0.3) is 0 Å². The number of aromatic nitrogens is 1. The number of rotatable bonds is 7. The molecule has 1 unspecified atom stereocenters. The minimum atomic E-state index is 0.449. The zero-order valence-electron chi connectivity index (χ0n) is 16.3. The molecule has 3 rings (SSSR count). The van der Waals surface area contributed by atoms with Crippen LogP contribution >= 0.6 is 11.3 Å². The highest BCUT2D eigenvalue weighted by Gasteiger charge is 2.23. The fourth-order valence-corrected chi connectivity index (χ4v) is 3.85. The molecule has 1 fully saturated rings. The van der Waals surface area contributed by atoms with E-state index in [0.29, 0.717) is 24.4 Å². The molecular weight excluding hydrogens is 362 g/mol. The summed E-state index contributed by atoms with van der Waals surface area (Å²) in [7, 11) is 1.79. The number of nitrogens with one attached hydrogen (secondary N) is 2. The second-order valence-electron chi connectivity index (χ2n) is 6.89. The van der Waals surface area contributed by atoms with Crippen LogP contribution in [0.3, 0.4) is 0 Å². The molecule has 148 valence electrons. The van der Waals surface area contributed by atoms with Gasteiger partial charge in [-0.1, -0.05) is 19.9 Å². The summed E-state index contributed by atoms with van der Waals surface area (Å²) in [5.74, 6) is 1.99. The van der Waals surface area contributed by atoms with Crippen LogP contribution < -0.4 is 10.6 Å². The van der Waals surface area contributed by atoms with Crippen molar-refractivity contribution in [2.45, 2.75) is 26.4 Å². The van der Waals surface area contributed by atoms with Gasteiger partial charge in [0, 0.05) is 32.7 Å². The Balaban J connectivity index is 1.50. The second-order valence-corrected chi connectivity index (χ2v) is 7.84. The zero-order chi connectivity index (χ0) is 19.1. The highest BCUT2D eigenvalue weighted by molar-refractivity contribution is 7.13. The molecule has 1 saturated heterocycles. The lowest BCUT2D eigenvalue weighted by Crippen LogP contribution is -2.52. The molecule has 1 aliphatic rings. The quantitative estimate of drug-likeness (QED) is 0.558.